The van der Waals surface area contributed by atoms with E-state index < -0.39 is 0 Å². The fourth-order valence-electron chi connectivity index (χ4n) is 2.47. The molecule has 0 aromatic heterocycles. The van der Waals surface area contributed by atoms with E-state index in [1.165, 1.54) is 77.0 Å². The van der Waals surface area contributed by atoms with Crippen molar-refractivity contribution in [3.05, 3.63) is 0 Å². The van der Waals surface area contributed by atoms with Crippen molar-refractivity contribution in [2.24, 2.45) is 5.92 Å². The van der Waals surface area contributed by atoms with Gasteiger partial charge in [0, 0.05) is 6.61 Å². The maximum absolute atomic E-state index is 5.48. The average Bonchev–Trinajstić information content (AvgIpc) is 3.39. The third-order valence-electron chi connectivity index (χ3n) is 4.60. The first-order chi connectivity index (χ1) is 11.2. The predicted octanol–water partition coefficient (Wildman–Crippen LogP) is 6.77. The first-order valence-electron chi connectivity index (χ1n) is 10.4. The standard InChI is InChI=1S/C13H26O2.C8H18/c1-2-3-4-5-6-7-8-9-10-14-11-13-12-15-13;1-4-6-7-8(3)5-2/h13H,2-12H2,1H3;8H,4-7H2,1-3H3. The lowest BCUT2D eigenvalue weighted by molar-refractivity contribution is 0.113. The fourth-order valence-corrected chi connectivity index (χ4v) is 2.47. The Balaban J connectivity index is 0.000000515. The molecule has 0 aromatic rings. The first-order valence-corrected chi connectivity index (χ1v) is 10.4. The highest BCUT2D eigenvalue weighted by Gasteiger charge is 2.21. The van der Waals surface area contributed by atoms with E-state index in [2.05, 4.69) is 27.7 Å². The molecule has 1 rings (SSSR count). The quantitative estimate of drug-likeness (QED) is 0.244. The van der Waals surface area contributed by atoms with E-state index in [1.54, 1.807) is 0 Å². The number of unbranched alkanes of at least 4 members (excludes halogenated alkanes) is 8. The maximum Gasteiger partial charge on any atom is 0.104 e. The Bertz CT molecular complexity index is 214. The molecule has 2 unspecified atom stereocenters. The number of ether oxygens (including phenoxy) is 2. The first kappa shape index (κ1) is 22.9. The molecule has 0 bridgehead atoms. The van der Waals surface area contributed by atoms with Gasteiger partial charge >= 0.3 is 0 Å². The summed E-state index contributed by atoms with van der Waals surface area (Å²) >= 11 is 0. The molecule has 1 heterocycles. The molecule has 1 fully saturated rings. The van der Waals surface area contributed by atoms with Crippen LogP contribution in [0.3, 0.4) is 0 Å². The van der Waals surface area contributed by atoms with Crippen LogP contribution in [-0.2, 0) is 9.47 Å². The van der Waals surface area contributed by atoms with Crippen molar-refractivity contribution in [3.63, 3.8) is 0 Å². The molecule has 2 atom stereocenters. The number of rotatable bonds is 15. The van der Waals surface area contributed by atoms with Gasteiger partial charge in [0.2, 0.25) is 0 Å². The molecule has 2 nitrogen and oxygen atoms in total. The second kappa shape index (κ2) is 18.3. The fraction of sp³-hybridized carbons (Fsp3) is 1.00. The minimum atomic E-state index is 0.430. The summed E-state index contributed by atoms with van der Waals surface area (Å²) in [7, 11) is 0. The van der Waals surface area contributed by atoms with Gasteiger partial charge in [-0.2, -0.15) is 0 Å². The Morgan fingerprint density at radius 2 is 1.43 bits per heavy atom. The molecular formula is C21H44O2. The minimum absolute atomic E-state index is 0.430. The van der Waals surface area contributed by atoms with E-state index in [-0.39, 0.29) is 0 Å². The van der Waals surface area contributed by atoms with Crippen molar-refractivity contribution in [1.82, 2.24) is 0 Å². The van der Waals surface area contributed by atoms with Crippen LogP contribution in [0.1, 0.15) is 105 Å². The van der Waals surface area contributed by atoms with Gasteiger partial charge < -0.3 is 9.47 Å². The molecule has 23 heavy (non-hydrogen) atoms. The smallest absolute Gasteiger partial charge is 0.104 e. The van der Waals surface area contributed by atoms with Crippen molar-refractivity contribution in [3.8, 4) is 0 Å². The van der Waals surface area contributed by atoms with Crippen LogP contribution in [-0.4, -0.2) is 25.9 Å². The van der Waals surface area contributed by atoms with Gasteiger partial charge in [0.25, 0.3) is 0 Å². The molecular weight excluding hydrogens is 284 g/mol. The summed E-state index contributed by atoms with van der Waals surface area (Å²) in [6.45, 7) is 11.8. The zero-order valence-corrected chi connectivity index (χ0v) is 16.6. The van der Waals surface area contributed by atoms with Gasteiger partial charge in [-0.1, -0.05) is 98.3 Å². The van der Waals surface area contributed by atoms with Crippen LogP contribution in [0.25, 0.3) is 0 Å². The Morgan fingerprint density at radius 3 is 1.96 bits per heavy atom. The van der Waals surface area contributed by atoms with Crippen molar-refractivity contribution in [2.75, 3.05) is 19.8 Å². The maximum atomic E-state index is 5.48. The molecule has 140 valence electrons. The van der Waals surface area contributed by atoms with Crippen LogP contribution in [0.2, 0.25) is 0 Å². The number of hydrogen-bond acceptors (Lipinski definition) is 2. The van der Waals surface area contributed by atoms with Gasteiger partial charge in [-0.05, 0) is 12.3 Å². The summed E-state index contributed by atoms with van der Waals surface area (Å²) in [5.74, 6) is 0.954. The Hall–Kier alpha value is -0.0800. The molecule has 0 aromatic carbocycles. The van der Waals surface area contributed by atoms with E-state index >= 15 is 0 Å². The van der Waals surface area contributed by atoms with Gasteiger partial charge in [0.1, 0.15) is 6.10 Å². The van der Waals surface area contributed by atoms with E-state index in [4.69, 9.17) is 9.47 Å². The summed E-state index contributed by atoms with van der Waals surface area (Å²) in [5, 5.41) is 0. The summed E-state index contributed by atoms with van der Waals surface area (Å²) in [4.78, 5) is 0. The van der Waals surface area contributed by atoms with Crippen molar-refractivity contribution < 1.29 is 9.47 Å². The second-order valence-corrected chi connectivity index (χ2v) is 7.16. The van der Waals surface area contributed by atoms with Crippen LogP contribution >= 0.6 is 0 Å². The molecule has 0 N–H and O–H groups in total. The van der Waals surface area contributed by atoms with E-state index in [0.717, 1.165) is 25.7 Å². The zero-order valence-electron chi connectivity index (χ0n) is 16.6. The van der Waals surface area contributed by atoms with Crippen LogP contribution in [0.4, 0.5) is 0 Å². The molecule has 0 aliphatic carbocycles. The molecule has 0 saturated carbocycles. The largest absolute Gasteiger partial charge is 0.379 e. The van der Waals surface area contributed by atoms with E-state index in [0.29, 0.717) is 6.10 Å². The second-order valence-electron chi connectivity index (χ2n) is 7.16. The van der Waals surface area contributed by atoms with E-state index in [9.17, 15) is 0 Å². The highest BCUT2D eigenvalue weighted by molar-refractivity contribution is 4.66. The summed E-state index contributed by atoms with van der Waals surface area (Å²) < 4.78 is 10.5. The molecule has 2 heteroatoms. The SMILES string of the molecule is CCCCC(C)CC.CCCCCCCCCCOCC1CO1. The number of hydrogen-bond donors (Lipinski definition) is 0. The Labute approximate surface area is 146 Å². The Morgan fingerprint density at radius 1 is 0.870 bits per heavy atom. The molecule has 0 amide bonds. The van der Waals surface area contributed by atoms with Crippen LogP contribution < -0.4 is 0 Å². The van der Waals surface area contributed by atoms with Crippen LogP contribution in [0, 0.1) is 5.92 Å². The van der Waals surface area contributed by atoms with Gasteiger partial charge in [0.15, 0.2) is 0 Å². The lowest BCUT2D eigenvalue weighted by atomic mass is 10.0. The van der Waals surface area contributed by atoms with Gasteiger partial charge in [0.05, 0.1) is 13.2 Å². The third-order valence-corrected chi connectivity index (χ3v) is 4.60. The van der Waals surface area contributed by atoms with E-state index in [1.807, 2.05) is 0 Å². The van der Waals surface area contributed by atoms with Gasteiger partial charge in [-0.25, -0.2) is 0 Å². The monoisotopic (exact) mass is 328 g/mol. The summed E-state index contributed by atoms with van der Waals surface area (Å²) in [6.07, 6.45) is 16.9. The molecule has 1 aliphatic heterocycles. The third kappa shape index (κ3) is 19.9. The van der Waals surface area contributed by atoms with Crippen molar-refractivity contribution >= 4 is 0 Å². The normalized spacial score (nSPS) is 17.5. The highest BCUT2D eigenvalue weighted by atomic mass is 16.6. The molecule has 1 saturated heterocycles. The summed E-state index contributed by atoms with van der Waals surface area (Å²) in [5.41, 5.74) is 0. The van der Waals surface area contributed by atoms with Gasteiger partial charge in [-0.3, -0.25) is 0 Å². The van der Waals surface area contributed by atoms with Gasteiger partial charge in [-0.15, -0.1) is 0 Å². The Kier molecular flexibility index (Phi) is 18.2. The predicted molar refractivity (Wildman–Crippen MR) is 102 cm³/mol. The van der Waals surface area contributed by atoms with Crippen LogP contribution in [0.5, 0.6) is 0 Å². The minimum Gasteiger partial charge on any atom is -0.379 e. The average molecular weight is 329 g/mol. The lowest BCUT2D eigenvalue weighted by Crippen LogP contribution is -2.02. The van der Waals surface area contributed by atoms with Crippen LogP contribution in [0.15, 0.2) is 0 Å². The molecule has 0 radical (unpaired) electrons. The molecule has 0 spiro atoms. The summed E-state index contributed by atoms with van der Waals surface area (Å²) in [6, 6.07) is 0. The topological polar surface area (TPSA) is 21.8 Å². The van der Waals surface area contributed by atoms with Crippen molar-refractivity contribution in [1.29, 1.82) is 0 Å². The zero-order chi connectivity index (χ0) is 17.2. The van der Waals surface area contributed by atoms with Crippen molar-refractivity contribution in [2.45, 2.75) is 111 Å². The number of epoxide rings is 1. The molecule has 1 aliphatic rings. The lowest BCUT2D eigenvalue weighted by Gasteiger charge is -2.04. The highest BCUT2D eigenvalue weighted by Crippen LogP contribution is 2.11.